The Balaban J connectivity index is 1.78. The van der Waals surface area contributed by atoms with Crippen molar-refractivity contribution < 1.29 is 4.79 Å². The zero-order valence-corrected chi connectivity index (χ0v) is 15.2. The molecule has 0 fully saturated rings. The molecule has 0 aliphatic heterocycles. The zero-order valence-electron chi connectivity index (χ0n) is 14.3. The van der Waals surface area contributed by atoms with Crippen LogP contribution in [0.25, 0.3) is 0 Å². The molecule has 0 bridgehead atoms. The number of carbonyl (C=O) groups excluding carboxylic acids is 1. The van der Waals surface area contributed by atoms with Gasteiger partial charge in [-0.25, -0.2) is 0 Å². The standard InChI is InChI=1S/C21H19N3OS/c1-15(20(25)24-21-18(14-22)12-13-26-21)23-19(16-8-4-2-5-9-16)17-10-6-3-7-11-17/h2-13,15,19,23H,1H3,(H,24,25)/t15-/m0/s1. The van der Waals surface area contributed by atoms with Crippen LogP contribution >= 0.6 is 11.3 Å². The lowest BCUT2D eigenvalue weighted by Crippen LogP contribution is -2.40. The number of benzene rings is 2. The monoisotopic (exact) mass is 361 g/mol. The van der Waals surface area contributed by atoms with E-state index in [2.05, 4.69) is 16.7 Å². The number of amides is 1. The van der Waals surface area contributed by atoms with Crippen LogP contribution in [0.3, 0.4) is 0 Å². The fourth-order valence-electron chi connectivity index (χ4n) is 2.72. The van der Waals surface area contributed by atoms with Crippen molar-refractivity contribution in [1.82, 2.24) is 5.32 Å². The molecule has 26 heavy (non-hydrogen) atoms. The Labute approximate surface area is 157 Å². The van der Waals surface area contributed by atoms with Crippen molar-refractivity contribution in [3.05, 3.63) is 88.8 Å². The molecule has 1 amide bonds. The molecule has 0 spiro atoms. The van der Waals surface area contributed by atoms with E-state index < -0.39 is 6.04 Å². The molecule has 4 nitrogen and oxygen atoms in total. The molecule has 1 heterocycles. The number of thiophene rings is 1. The number of hydrogen-bond acceptors (Lipinski definition) is 4. The third-order valence-electron chi connectivity index (χ3n) is 4.10. The van der Waals surface area contributed by atoms with Gasteiger partial charge in [0.2, 0.25) is 5.91 Å². The summed E-state index contributed by atoms with van der Waals surface area (Å²) in [4.78, 5) is 12.6. The molecule has 0 saturated carbocycles. The number of nitriles is 1. The van der Waals surface area contributed by atoms with Crippen molar-refractivity contribution in [2.45, 2.75) is 19.0 Å². The van der Waals surface area contributed by atoms with Crippen LogP contribution in [0.5, 0.6) is 0 Å². The summed E-state index contributed by atoms with van der Waals surface area (Å²) in [5, 5.41) is 17.7. The van der Waals surface area contributed by atoms with Crippen LogP contribution in [0.2, 0.25) is 0 Å². The number of nitrogens with one attached hydrogen (secondary N) is 2. The fraction of sp³-hybridized carbons (Fsp3) is 0.143. The Morgan fingerprint density at radius 2 is 1.58 bits per heavy atom. The molecule has 0 radical (unpaired) electrons. The minimum Gasteiger partial charge on any atom is -0.315 e. The van der Waals surface area contributed by atoms with Gasteiger partial charge in [-0.2, -0.15) is 5.26 Å². The van der Waals surface area contributed by atoms with Gasteiger partial charge in [-0.1, -0.05) is 60.7 Å². The molecule has 0 saturated heterocycles. The minimum atomic E-state index is -0.436. The second-order valence-corrected chi connectivity index (χ2v) is 6.82. The first-order valence-electron chi connectivity index (χ1n) is 8.33. The van der Waals surface area contributed by atoms with Gasteiger partial charge in [0.15, 0.2) is 0 Å². The quantitative estimate of drug-likeness (QED) is 0.687. The summed E-state index contributed by atoms with van der Waals surface area (Å²) >= 11 is 1.35. The Bertz CT molecular complexity index is 860. The molecule has 130 valence electrons. The molecule has 0 aliphatic rings. The van der Waals surface area contributed by atoms with Gasteiger partial charge in [0, 0.05) is 0 Å². The third kappa shape index (κ3) is 4.17. The maximum absolute atomic E-state index is 12.6. The van der Waals surface area contributed by atoms with Crippen molar-refractivity contribution in [1.29, 1.82) is 5.26 Å². The zero-order chi connectivity index (χ0) is 18.4. The number of carbonyl (C=O) groups is 1. The highest BCUT2D eigenvalue weighted by Crippen LogP contribution is 2.24. The molecule has 5 heteroatoms. The summed E-state index contributed by atoms with van der Waals surface area (Å²) in [6.45, 7) is 1.83. The normalized spacial score (nSPS) is 11.7. The third-order valence-corrected chi connectivity index (χ3v) is 4.93. The second kappa shape index (κ2) is 8.43. The maximum Gasteiger partial charge on any atom is 0.241 e. The summed E-state index contributed by atoms with van der Waals surface area (Å²) in [7, 11) is 0. The van der Waals surface area contributed by atoms with Gasteiger partial charge < -0.3 is 5.32 Å². The largest absolute Gasteiger partial charge is 0.315 e. The van der Waals surface area contributed by atoms with Crippen LogP contribution in [0.4, 0.5) is 5.00 Å². The molecule has 3 rings (SSSR count). The average Bonchev–Trinajstić information content (AvgIpc) is 3.14. The van der Waals surface area contributed by atoms with Gasteiger partial charge >= 0.3 is 0 Å². The van der Waals surface area contributed by atoms with Crippen molar-refractivity contribution in [3.63, 3.8) is 0 Å². The minimum absolute atomic E-state index is 0.100. The molecule has 2 aromatic carbocycles. The first-order valence-corrected chi connectivity index (χ1v) is 9.21. The molecule has 1 atom stereocenters. The van der Waals surface area contributed by atoms with Gasteiger partial charge in [0.25, 0.3) is 0 Å². The Morgan fingerprint density at radius 3 is 2.12 bits per heavy atom. The van der Waals surface area contributed by atoms with E-state index in [1.165, 1.54) is 11.3 Å². The summed E-state index contributed by atoms with van der Waals surface area (Å²) in [5.74, 6) is -0.166. The fourth-order valence-corrected chi connectivity index (χ4v) is 3.46. The summed E-state index contributed by atoms with van der Waals surface area (Å²) in [5.41, 5.74) is 2.66. The predicted octanol–water partition coefficient (Wildman–Crippen LogP) is 4.33. The summed E-state index contributed by atoms with van der Waals surface area (Å²) < 4.78 is 0. The number of nitrogens with zero attached hydrogens (tertiary/aromatic N) is 1. The maximum atomic E-state index is 12.6. The van der Waals surface area contributed by atoms with Crippen LogP contribution in [0, 0.1) is 11.3 Å². The molecule has 0 aliphatic carbocycles. The van der Waals surface area contributed by atoms with Crippen molar-refractivity contribution in [2.75, 3.05) is 5.32 Å². The van der Waals surface area contributed by atoms with Crippen LogP contribution in [-0.2, 0) is 4.79 Å². The second-order valence-electron chi connectivity index (χ2n) is 5.91. The molecule has 1 aromatic heterocycles. The van der Waals surface area contributed by atoms with E-state index in [4.69, 9.17) is 5.26 Å². The first kappa shape index (κ1) is 17.9. The number of anilines is 1. The van der Waals surface area contributed by atoms with E-state index in [1.807, 2.05) is 67.6 Å². The van der Waals surface area contributed by atoms with E-state index in [0.29, 0.717) is 10.6 Å². The Morgan fingerprint density at radius 1 is 1.00 bits per heavy atom. The van der Waals surface area contributed by atoms with Gasteiger partial charge in [-0.05, 0) is 29.5 Å². The molecule has 3 aromatic rings. The van der Waals surface area contributed by atoms with Crippen molar-refractivity contribution in [3.8, 4) is 6.07 Å². The molecular weight excluding hydrogens is 342 g/mol. The van der Waals surface area contributed by atoms with E-state index in [1.54, 1.807) is 11.4 Å². The number of rotatable bonds is 6. The summed E-state index contributed by atoms with van der Waals surface area (Å²) in [6, 6.07) is 23.3. The number of hydrogen-bond donors (Lipinski definition) is 2. The highest BCUT2D eigenvalue weighted by molar-refractivity contribution is 7.14. The molecule has 2 N–H and O–H groups in total. The van der Waals surface area contributed by atoms with E-state index >= 15 is 0 Å². The average molecular weight is 361 g/mol. The van der Waals surface area contributed by atoms with E-state index in [9.17, 15) is 4.79 Å². The lowest BCUT2D eigenvalue weighted by Gasteiger charge is -2.24. The Kier molecular flexibility index (Phi) is 5.80. The van der Waals surface area contributed by atoms with Crippen molar-refractivity contribution >= 4 is 22.2 Å². The SMILES string of the molecule is C[C@H](NC(c1ccccc1)c1ccccc1)C(=O)Nc1sccc1C#N. The van der Waals surface area contributed by atoms with Crippen molar-refractivity contribution in [2.24, 2.45) is 0 Å². The Hall–Kier alpha value is -2.94. The van der Waals surface area contributed by atoms with Crippen LogP contribution in [0.15, 0.2) is 72.1 Å². The highest BCUT2D eigenvalue weighted by atomic mass is 32.1. The van der Waals surface area contributed by atoms with Crippen LogP contribution in [0.1, 0.15) is 29.7 Å². The predicted molar refractivity (Wildman–Crippen MR) is 105 cm³/mol. The summed E-state index contributed by atoms with van der Waals surface area (Å²) in [6.07, 6.45) is 0. The lowest BCUT2D eigenvalue weighted by atomic mass is 9.98. The first-order chi connectivity index (χ1) is 12.7. The van der Waals surface area contributed by atoms with Gasteiger partial charge in [-0.15, -0.1) is 11.3 Å². The molecular formula is C21H19N3OS. The van der Waals surface area contributed by atoms with Crippen LogP contribution < -0.4 is 10.6 Å². The van der Waals surface area contributed by atoms with Crippen LogP contribution in [-0.4, -0.2) is 11.9 Å². The lowest BCUT2D eigenvalue weighted by molar-refractivity contribution is -0.117. The van der Waals surface area contributed by atoms with E-state index in [-0.39, 0.29) is 11.9 Å². The smallest absolute Gasteiger partial charge is 0.241 e. The van der Waals surface area contributed by atoms with Gasteiger partial charge in [0.1, 0.15) is 11.1 Å². The topological polar surface area (TPSA) is 64.9 Å². The van der Waals surface area contributed by atoms with Gasteiger partial charge in [-0.3, -0.25) is 10.1 Å². The van der Waals surface area contributed by atoms with E-state index in [0.717, 1.165) is 11.1 Å². The highest BCUT2D eigenvalue weighted by Gasteiger charge is 2.21. The molecule has 0 unspecified atom stereocenters. The van der Waals surface area contributed by atoms with Gasteiger partial charge in [0.05, 0.1) is 17.6 Å².